The maximum absolute atomic E-state index is 5.61. The highest BCUT2D eigenvalue weighted by Gasteiger charge is 1.99. The second-order valence-corrected chi connectivity index (χ2v) is 4.00. The summed E-state index contributed by atoms with van der Waals surface area (Å²) in [4.78, 5) is 4.24. The Hall–Kier alpha value is -1.81. The minimum Gasteiger partial charge on any atom is -0.399 e. The average molecular weight is 231 g/mol. The Kier molecular flexibility index (Phi) is 3.77. The Morgan fingerprint density at radius 2 is 2.06 bits per heavy atom. The molecule has 0 amide bonds. The average Bonchev–Trinajstić information content (AvgIpc) is 2.73. The third-order valence-electron chi connectivity index (χ3n) is 2.64. The molecular formula is C13H17N3O. The molecular weight excluding hydrogens is 214 g/mol. The molecule has 90 valence electrons. The van der Waals surface area contributed by atoms with Crippen molar-refractivity contribution in [3.63, 3.8) is 0 Å². The molecule has 2 aromatic rings. The lowest BCUT2D eigenvalue weighted by Crippen LogP contribution is -2.04. The minimum atomic E-state index is 0.616. The van der Waals surface area contributed by atoms with Gasteiger partial charge in [-0.05, 0) is 17.7 Å². The Labute approximate surface area is 101 Å². The molecule has 2 N–H and O–H groups in total. The van der Waals surface area contributed by atoms with Crippen LogP contribution < -0.4 is 5.73 Å². The molecule has 0 radical (unpaired) electrons. The van der Waals surface area contributed by atoms with Crippen molar-refractivity contribution in [3.8, 4) is 0 Å². The van der Waals surface area contributed by atoms with Crippen LogP contribution in [0.5, 0.6) is 0 Å². The summed E-state index contributed by atoms with van der Waals surface area (Å²) < 4.78 is 7.60. The first kappa shape index (κ1) is 11.7. The van der Waals surface area contributed by atoms with Gasteiger partial charge in [-0.2, -0.15) is 0 Å². The van der Waals surface area contributed by atoms with Gasteiger partial charge in [0.05, 0.1) is 13.2 Å². The van der Waals surface area contributed by atoms with E-state index in [9.17, 15) is 0 Å². The Bertz CT molecular complexity index is 462. The van der Waals surface area contributed by atoms with Crippen LogP contribution in [0.15, 0.2) is 36.7 Å². The highest BCUT2D eigenvalue weighted by atomic mass is 16.5. The van der Waals surface area contributed by atoms with Crippen LogP contribution in [0.25, 0.3) is 0 Å². The summed E-state index contributed by atoms with van der Waals surface area (Å²) in [6, 6.07) is 7.74. The Morgan fingerprint density at radius 1 is 1.29 bits per heavy atom. The van der Waals surface area contributed by atoms with Gasteiger partial charge in [0.1, 0.15) is 5.82 Å². The number of ether oxygens (including phenoxy) is 1. The summed E-state index contributed by atoms with van der Waals surface area (Å²) in [5.74, 6) is 1.04. The fraction of sp³-hybridized carbons (Fsp3) is 0.308. The molecule has 0 atom stereocenters. The van der Waals surface area contributed by atoms with E-state index >= 15 is 0 Å². The molecule has 0 aliphatic carbocycles. The molecule has 0 saturated heterocycles. The van der Waals surface area contributed by atoms with E-state index in [1.54, 1.807) is 6.20 Å². The first-order valence-corrected chi connectivity index (χ1v) is 5.64. The predicted molar refractivity (Wildman–Crippen MR) is 67.4 cm³/mol. The zero-order valence-corrected chi connectivity index (χ0v) is 9.97. The van der Waals surface area contributed by atoms with Gasteiger partial charge in [-0.15, -0.1) is 0 Å². The van der Waals surface area contributed by atoms with Gasteiger partial charge < -0.3 is 15.0 Å². The fourth-order valence-corrected chi connectivity index (χ4v) is 1.60. The third kappa shape index (κ3) is 3.32. The highest BCUT2D eigenvalue weighted by molar-refractivity contribution is 5.39. The van der Waals surface area contributed by atoms with Crippen molar-refractivity contribution in [3.05, 3.63) is 48.0 Å². The lowest BCUT2D eigenvalue weighted by Gasteiger charge is -2.05. The van der Waals surface area contributed by atoms with E-state index in [0.717, 1.165) is 23.5 Å². The summed E-state index contributed by atoms with van der Waals surface area (Å²) in [5.41, 5.74) is 7.53. The predicted octanol–water partition coefficient (Wildman–Crippen LogP) is 1.76. The van der Waals surface area contributed by atoms with Gasteiger partial charge in [0.15, 0.2) is 0 Å². The van der Waals surface area contributed by atoms with Crippen LogP contribution in [0.2, 0.25) is 0 Å². The van der Waals surface area contributed by atoms with E-state index in [2.05, 4.69) is 4.98 Å². The van der Waals surface area contributed by atoms with E-state index in [0.29, 0.717) is 13.2 Å². The van der Waals surface area contributed by atoms with Gasteiger partial charge in [0.25, 0.3) is 0 Å². The van der Waals surface area contributed by atoms with Crippen LogP contribution in [0, 0.1) is 0 Å². The molecule has 0 spiro atoms. The van der Waals surface area contributed by atoms with Crippen LogP contribution in [0.1, 0.15) is 11.4 Å². The molecule has 0 aliphatic heterocycles. The number of aromatic nitrogens is 2. The number of nitrogens with two attached hydrogens (primary N) is 1. The first-order valence-electron chi connectivity index (χ1n) is 5.64. The molecule has 0 bridgehead atoms. The highest BCUT2D eigenvalue weighted by Crippen LogP contribution is 2.06. The van der Waals surface area contributed by atoms with Gasteiger partial charge in [-0.25, -0.2) is 4.98 Å². The SMILES string of the molecule is Cn1ccnc1CCOCc1ccc(N)cc1. The second-order valence-electron chi connectivity index (χ2n) is 4.00. The van der Waals surface area contributed by atoms with Gasteiger partial charge in [-0.3, -0.25) is 0 Å². The zero-order valence-electron chi connectivity index (χ0n) is 9.97. The smallest absolute Gasteiger partial charge is 0.110 e. The van der Waals surface area contributed by atoms with Crippen molar-refractivity contribution in [1.82, 2.24) is 9.55 Å². The second kappa shape index (κ2) is 5.50. The largest absolute Gasteiger partial charge is 0.399 e. The van der Waals surface area contributed by atoms with Crippen LogP contribution in [0.4, 0.5) is 5.69 Å². The summed E-state index contributed by atoms with van der Waals surface area (Å²) in [6.07, 6.45) is 4.57. The monoisotopic (exact) mass is 231 g/mol. The van der Waals surface area contributed by atoms with Gasteiger partial charge in [0.2, 0.25) is 0 Å². The quantitative estimate of drug-likeness (QED) is 0.630. The number of aryl methyl sites for hydroxylation is 1. The van der Waals surface area contributed by atoms with Gasteiger partial charge >= 0.3 is 0 Å². The summed E-state index contributed by atoms with van der Waals surface area (Å²) in [6.45, 7) is 1.29. The van der Waals surface area contributed by atoms with Crippen molar-refractivity contribution in [2.24, 2.45) is 7.05 Å². The van der Waals surface area contributed by atoms with Gasteiger partial charge in [-0.1, -0.05) is 12.1 Å². The molecule has 2 rings (SSSR count). The molecule has 0 fully saturated rings. The molecule has 4 heteroatoms. The molecule has 0 unspecified atom stereocenters. The fourth-order valence-electron chi connectivity index (χ4n) is 1.60. The number of hydrogen-bond donors (Lipinski definition) is 1. The van der Waals surface area contributed by atoms with Crippen molar-refractivity contribution in [2.75, 3.05) is 12.3 Å². The van der Waals surface area contributed by atoms with E-state index < -0.39 is 0 Å². The molecule has 1 aromatic carbocycles. The van der Waals surface area contributed by atoms with Gasteiger partial charge in [0, 0.05) is 31.5 Å². The van der Waals surface area contributed by atoms with Crippen molar-refractivity contribution in [1.29, 1.82) is 0 Å². The minimum absolute atomic E-state index is 0.616. The number of benzene rings is 1. The van der Waals surface area contributed by atoms with Crippen molar-refractivity contribution >= 4 is 5.69 Å². The number of rotatable bonds is 5. The Morgan fingerprint density at radius 3 is 2.71 bits per heavy atom. The lowest BCUT2D eigenvalue weighted by atomic mass is 10.2. The summed E-state index contributed by atoms with van der Waals surface area (Å²) in [5, 5.41) is 0. The van der Waals surface area contributed by atoms with Crippen molar-refractivity contribution < 1.29 is 4.74 Å². The molecule has 17 heavy (non-hydrogen) atoms. The number of nitrogens with zero attached hydrogens (tertiary/aromatic N) is 2. The molecule has 4 nitrogen and oxygen atoms in total. The number of imidazole rings is 1. The maximum Gasteiger partial charge on any atom is 0.110 e. The Balaban J connectivity index is 1.73. The summed E-state index contributed by atoms with van der Waals surface area (Å²) >= 11 is 0. The van der Waals surface area contributed by atoms with E-state index in [4.69, 9.17) is 10.5 Å². The molecule has 1 aromatic heterocycles. The molecule has 0 saturated carbocycles. The molecule has 1 heterocycles. The number of anilines is 1. The number of hydrogen-bond acceptors (Lipinski definition) is 3. The van der Waals surface area contributed by atoms with Crippen LogP contribution in [-0.2, 0) is 24.8 Å². The van der Waals surface area contributed by atoms with Crippen molar-refractivity contribution in [2.45, 2.75) is 13.0 Å². The zero-order chi connectivity index (χ0) is 12.1. The first-order chi connectivity index (χ1) is 8.25. The standard InChI is InChI=1S/C13H17N3O/c1-16-8-7-15-13(16)6-9-17-10-11-2-4-12(14)5-3-11/h2-5,7-8H,6,9-10,14H2,1H3. The third-order valence-corrected chi connectivity index (χ3v) is 2.64. The molecule has 0 aliphatic rings. The van der Waals surface area contributed by atoms with E-state index in [-0.39, 0.29) is 0 Å². The lowest BCUT2D eigenvalue weighted by molar-refractivity contribution is 0.122. The van der Waals surface area contributed by atoms with E-state index in [1.165, 1.54) is 0 Å². The topological polar surface area (TPSA) is 53.1 Å². The number of nitrogen functional groups attached to an aromatic ring is 1. The van der Waals surface area contributed by atoms with Crippen LogP contribution >= 0.6 is 0 Å². The van der Waals surface area contributed by atoms with Crippen LogP contribution in [-0.4, -0.2) is 16.2 Å². The maximum atomic E-state index is 5.61. The normalized spacial score (nSPS) is 10.6. The van der Waals surface area contributed by atoms with E-state index in [1.807, 2.05) is 42.1 Å². The summed E-state index contributed by atoms with van der Waals surface area (Å²) in [7, 11) is 1.99. The van der Waals surface area contributed by atoms with Crippen LogP contribution in [0.3, 0.4) is 0 Å².